The summed E-state index contributed by atoms with van der Waals surface area (Å²) >= 11 is 0. The number of methoxy groups -OCH3 is 1. The number of hydrogen-bond donors (Lipinski definition) is 0. The number of fused-ring (bicyclic) bond motifs is 3. The number of aryl methyl sites for hydroxylation is 1. The van der Waals surface area contributed by atoms with E-state index in [1.807, 2.05) is 13.0 Å². The van der Waals surface area contributed by atoms with Crippen LogP contribution in [0.15, 0.2) is 47.4 Å². The van der Waals surface area contributed by atoms with Crippen molar-refractivity contribution in [1.82, 2.24) is 0 Å². The van der Waals surface area contributed by atoms with Gasteiger partial charge in [0, 0.05) is 5.56 Å². The topological polar surface area (TPSA) is 88.1 Å². The molecule has 29 heavy (non-hydrogen) atoms. The van der Waals surface area contributed by atoms with Crippen molar-refractivity contribution in [3.63, 3.8) is 0 Å². The fraction of sp³-hybridized carbons (Fsp3) is 0.381. The Bertz CT molecular complexity index is 1010. The van der Waals surface area contributed by atoms with E-state index in [0.29, 0.717) is 24.3 Å². The first-order valence-corrected chi connectivity index (χ1v) is 10.8. The summed E-state index contributed by atoms with van der Waals surface area (Å²) in [5.41, 5.74) is 1.81. The van der Waals surface area contributed by atoms with E-state index in [2.05, 4.69) is 4.74 Å². The molecule has 1 saturated carbocycles. The maximum Gasteiger partial charge on any atom is 0.343 e. The van der Waals surface area contributed by atoms with Crippen LogP contribution in [0, 0.1) is 6.92 Å². The smallest absolute Gasteiger partial charge is 0.343 e. The highest BCUT2D eigenvalue weighted by Gasteiger charge is 2.48. The SMILES string of the molecule is COC(=O)COc1cccc2c1OC1CCC(OS(=O)(=O)c3ccc(C)cc3)C21. The minimum atomic E-state index is -3.88. The minimum absolute atomic E-state index is 0.140. The van der Waals surface area contributed by atoms with Gasteiger partial charge in [-0.2, -0.15) is 8.42 Å². The molecule has 0 radical (unpaired) electrons. The third-order valence-corrected chi connectivity index (χ3v) is 6.66. The third-order valence-electron chi connectivity index (χ3n) is 5.31. The monoisotopic (exact) mass is 418 g/mol. The van der Waals surface area contributed by atoms with Crippen LogP contribution < -0.4 is 9.47 Å². The summed E-state index contributed by atoms with van der Waals surface area (Å²) in [6.45, 7) is 1.67. The predicted molar refractivity (Wildman–Crippen MR) is 104 cm³/mol. The second-order valence-electron chi connectivity index (χ2n) is 7.20. The van der Waals surface area contributed by atoms with Crippen LogP contribution in [0.4, 0.5) is 0 Å². The van der Waals surface area contributed by atoms with Gasteiger partial charge in [0.25, 0.3) is 10.1 Å². The van der Waals surface area contributed by atoms with Gasteiger partial charge in [-0.05, 0) is 38.0 Å². The molecule has 0 bridgehead atoms. The molecule has 0 N–H and O–H groups in total. The van der Waals surface area contributed by atoms with E-state index in [9.17, 15) is 13.2 Å². The van der Waals surface area contributed by atoms with E-state index >= 15 is 0 Å². The first-order valence-electron chi connectivity index (χ1n) is 9.38. The van der Waals surface area contributed by atoms with Crippen LogP contribution in [0.2, 0.25) is 0 Å². The molecule has 1 aliphatic heterocycles. The second kappa shape index (κ2) is 7.68. The lowest BCUT2D eigenvalue weighted by atomic mass is 9.95. The average Bonchev–Trinajstić information content (AvgIpc) is 3.26. The molecule has 154 valence electrons. The fourth-order valence-corrected chi connectivity index (χ4v) is 4.99. The summed E-state index contributed by atoms with van der Waals surface area (Å²) in [6, 6.07) is 12.0. The van der Waals surface area contributed by atoms with E-state index in [4.69, 9.17) is 13.7 Å². The van der Waals surface area contributed by atoms with E-state index < -0.39 is 22.2 Å². The average molecular weight is 418 g/mol. The molecular weight excluding hydrogens is 396 g/mol. The number of carbonyl (C=O) groups is 1. The van der Waals surface area contributed by atoms with Crippen molar-refractivity contribution < 1.29 is 31.6 Å². The Morgan fingerprint density at radius 2 is 1.90 bits per heavy atom. The molecule has 7 nitrogen and oxygen atoms in total. The highest BCUT2D eigenvalue weighted by Crippen LogP contribution is 2.52. The van der Waals surface area contributed by atoms with E-state index in [1.54, 1.807) is 36.4 Å². The molecule has 0 spiro atoms. The molecule has 0 amide bonds. The molecule has 8 heteroatoms. The normalized spacial score (nSPS) is 22.5. The van der Waals surface area contributed by atoms with Gasteiger partial charge in [-0.25, -0.2) is 4.79 Å². The Morgan fingerprint density at radius 3 is 2.62 bits per heavy atom. The number of rotatable bonds is 6. The van der Waals surface area contributed by atoms with Gasteiger partial charge in [-0.15, -0.1) is 0 Å². The summed E-state index contributed by atoms with van der Waals surface area (Å²) in [7, 11) is -2.59. The molecule has 1 aliphatic carbocycles. The van der Waals surface area contributed by atoms with E-state index in [0.717, 1.165) is 11.1 Å². The summed E-state index contributed by atoms with van der Waals surface area (Å²) < 4.78 is 47.3. The fourth-order valence-electron chi connectivity index (χ4n) is 3.87. The Labute approximate surface area is 169 Å². The predicted octanol–water partition coefficient (Wildman–Crippen LogP) is 2.96. The van der Waals surface area contributed by atoms with E-state index in [-0.39, 0.29) is 23.5 Å². The van der Waals surface area contributed by atoms with Gasteiger partial charge in [0.05, 0.1) is 24.0 Å². The molecule has 1 fully saturated rings. The highest BCUT2D eigenvalue weighted by atomic mass is 32.2. The molecular formula is C21H22O7S. The highest BCUT2D eigenvalue weighted by molar-refractivity contribution is 7.86. The maximum absolute atomic E-state index is 12.7. The lowest BCUT2D eigenvalue weighted by molar-refractivity contribution is -0.142. The van der Waals surface area contributed by atoms with Gasteiger partial charge in [0.15, 0.2) is 18.1 Å². The van der Waals surface area contributed by atoms with Crippen LogP contribution in [0.3, 0.4) is 0 Å². The van der Waals surface area contributed by atoms with Crippen molar-refractivity contribution in [2.24, 2.45) is 0 Å². The van der Waals surface area contributed by atoms with Gasteiger partial charge in [0.2, 0.25) is 0 Å². The van der Waals surface area contributed by atoms with Crippen molar-refractivity contribution >= 4 is 16.1 Å². The Kier molecular flexibility index (Phi) is 5.23. The zero-order chi connectivity index (χ0) is 20.6. The largest absolute Gasteiger partial charge is 0.485 e. The number of esters is 1. The Morgan fingerprint density at radius 1 is 1.14 bits per heavy atom. The minimum Gasteiger partial charge on any atom is -0.485 e. The Balaban J connectivity index is 1.56. The van der Waals surface area contributed by atoms with Crippen molar-refractivity contribution in [3.8, 4) is 11.5 Å². The van der Waals surface area contributed by atoms with Crippen LogP contribution in [-0.2, 0) is 23.8 Å². The lowest BCUT2D eigenvalue weighted by Gasteiger charge is -2.18. The molecule has 3 atom stereocenters. The summed E-state index contributed by atoms with van der Waals surface area (Å²) in [6.07, 6.45) is 0.534. The van der Waals surface area contributed by atoms with Gasteiger partial charge in [-0.3, -0.25) is 4.18 Å². The summed E-state index contributed by atoms with van der Waals surface area (Å²) in [5.74, 6) is 0.257. The number of benzene rings is 2. The molecule has 4 rings (SSSR count). The number of ether oxygens (including phenoxy) is 3. The molecule has 3 unspecified atom stereocenters. The maximum atomic E-state index is 12.7. The molecule has 2 aliphatic rings. The van der Waals surface area contributed by atoms with Gasteiger partial charge in [-0.1, -0.05) is 29.8 Å². The molecule has 0 saturated heterocycles. The lowest BCUT2D eigenvalue weighted by Crippen LogP contribution is -2.24. The number of para-hydroxylation sites is 1. The van der Waals surface area contributed by atoms with Crippen LogP contribution in [0.1, 0.15) is 29.9 Å². The summed E-state index contributed by atoms with van der Waals surface area (Å²) in [5, 5.41) is 0. The van der Waals surface area contributed by atoms with Crippen molar-refractivity contribution in [3.05, 3.63) is 53.6 Å². The van der Waals surface area contributed by atoms with Crippen LogP contribution in [0.5, 0.6) is 11.5 Å². The first kappa shape index (κ1) is 19.7. The van der Waals surface area contributed by atoms with E-state index in [1.165, 1.54) is 7.11 Å². The van der Waals surface area contributed by atoms with Gasteiger partial charge < -0.3 is 14.2 Å². The molecule has 2 aromatic rings. The molecule has 0 aromatic heterocycles. The van der Waals surface area contributed by atoms with Crippen LogP contribution in [-0.4, -0.2) is 40.3 Å². The molecule has 2 aromatic carbocycles. The van der Waals surface area contributed by atoms with Gasteiger partial charge >= 0.3 is 5.97 Å². The quantitative estimate of drug-likeness (QED) is 0.526. The second-order valence-corrected chi connectivity index (χ2v) is 8.77. The standard InChI is InChI=1S/C21H22O7S/c1-13-6-8-14(9-7-13)29(23,24)28-17-11-10-16-20(17)15-4-3-5-18(21(15)27-16)26-12-19(22)25-2/h3-9,16-17,20H,10-12H2,1-2H3. The zero-order valence-electron chi connectivity index (χ0n) is 16.2. The summed E-state index contributed by atoms with van der Waals surface area (Å²) in [4.78, 5) is 11.5. The van der Waals surface area contributed by atoms with Crippen molar-refractivity contribution in [1.29, 1.82) is 0 Å². The van der Waals surface area contributed by atoms with Gasteiger partial charge in [0.1, 0.15) is 6.10 Å². The molecule has 1 heterocycles. The van der Waals surface area contributed by atoms with Crippen LogP contribution in [0.25, 0.3) is 0 Å². The zero-order valence-corrected chi connectivity index (χ0v) is 17.0. The van der Waals surface area contributed by atoms with Crippen molar-refractivity contribution in [2.75, 3.05) is 13.7 Å². The van der Waals surface area contributed by atoms with Crippen molar-refractivity contribution in [2.45, 2.75) is 42.8 Å². The first-order chi connectivity index (χ1) is 13.9. The van der Waals surface area contributed by atoms with Crippen LogP contribution >= 0.6 is 0 Å². The number of carbonyl (C=O) groups excluding carboxylic acids is 1. The number of hydrogen-bond acceptors (Lipinski definition) is 7. The Hall–Kier alpha value is -2.58. The third kappa shape index (κ3) is 3.82.